The summed E-state index contributed by atoms with van der Waals surface area (Å²) >= 11 is 3.36. The molecule has 152 valence electrons. The molecule has 0 aliphatic heterocycles. The highest BCUT2D eigenvalue weighted by Crippen LogP contribution is 2.29. The molecule has 1 amide bonds. The van der Waals surface area contributed by atoms with Crippen molar-refractivity contribution in [2.75, 3.05) is 16.6 Å². The molecule has 29 heavy (non-hydrogen) atoms. The van der Waals surface area contributed by atoms with E-state index in [2.05, 4.69) is 26.0 Å². The second kappa shape index (κ2) is 8.71. The standard InChI is InChI=1S/C20H19BrN2O5S/c1-3-27-19-8-7-15(12-18(19)21)23-29(25,26)16-6-4-5-14(11-16)22-20(24)17-9-10-28-13(17)2/h4-12,23H,3H2,1-2H3,(H,22,24). The number of nitrogens with one attached hydrogen (secondary N) is 2. The normalized spacial score (nSPS) is 11.1. The van der Waals surface area contributed by atoms with Gasteiger partial charge >= 0.3 is 0 Å². The van der Waals surface area contributed by atoms with Gasteiger partial charge in [0, 0.05) is 5.69 Å². The lowest BCUT2D eigenvalue weighted by Gasteiger charge is -2.12. The van der Waals surface area contributed by atoms with E-state index in [1.54, 1.807) is 43.3 Å². The van der Waals surface area contributed by atoms with Crippen molar-refractivity contribution in [3.63, 3.8) is 0 Å². The van der Waals surface area contributed by atoms with E-state index in [1.807, 2.05) is 6.92 Å². The van der Waals surface area contributed by atoms with Crippen molar-refractivity contribution in [3.8, 4) is 5.75 Å². The van der Waals surface area contributed by atoms with Crippen LogP contribution in [0, 0.1) is 6.92 Å². The van der Waals surface area contributed by atoms with Crippen molar-refractivity contribution in [2.45, 2.75) is 18.7 Å². The molecule has 0 aliphatic rings. The zero-order valence-electron chi connectivity index (χ0n) is 15.7. The van der Waals surface area contributed by atoms with Gasteiger partial charge in [-0.15, -0.1) is 0 Å². The van der Waals surface area contributed by atoms with E-state index in [1.165, 1.54) is 18.4 Å². The molecule has 0 bridgehead atoms. The van der Waals surface area contributed by atoms with Crippen molar-refractivity contribution >= 4 is 43.2 Å². The number of carbonyl (C=O) groups excluding carboxylic acids is 1. The van der Waals surface area contributed by atoms with Gasteiger partial charge in [0.1, 0.15) is 11.5 Å². The van der Waals surface area contributed by atoms with Crippen LogP contribution in [0.4, 0.5) is 11.4 Å². The Balaban J connectivity index is 1.79. The molecule has 0 atom stereocenters. The van der Waals surface area contributed by atoms with Crippen LogP contribution in [0.5, 0.6) is 5.75 Å². The third kappa shape index (κ3) is 4.99. The molecule has 3 aromatic rings. The number of aryl methyl sites for hydroxylation is 1. The van der Waals surface area contributed by atoms with Crippen LogP contribution in [-0.2, 0) is 10.0 Å². The number of sulfonamides is 1. The average molecular weight is 479 g/mol. The fourth-order valence-corrected chi connectivity index (χ4v) is 4.20. The van der Waals surface area contributed by atoms with Gasteiger partial charge in [-0.25, -0.2) is 8.42 Å². The summed E-state index contributed by atoms with van der Waals surface area (Å²) in [6.07, 6.45) is 1.42. The number of hydrogen-bond acceptors (Lipinski definition) is 5. The first-order chi connectivity index (χ1) is 13.8. The molecule has 1 heterocycles. The van der Waals surface area contributed by atoms with Gasteiger partial charge in [0.2, 0.25) is 0 Å². The molecular formula is C20H19BrN2O5S. The average Bonchev–Trinajstić information content (AvgIpc) is 3.10. The van der Waals surface area contributed by atoms with Crippen molar-refractivity contribution in [2.24, 2.45) is 0 Å². The van der Waals surface area contributed by atoms with Gasteiger partial charge in [-0.1, -0.05) is 6.07 Å². The number of amides is 1. The Labute approximate surface area is 177 Å². The molecule has 3 rings (SSSR count). The van der Waals surface area contributed by atoms with Crippen LogP contribution in [-0.4, -0.2) is 20.9 Å². The first-order valence-electron chi connectivity index (χ1n) is 8.71. The lowest BCUT2D eigenvalue weighted by molar-refractivity contribution is 0.102. The Hall–Kier alpha value is -2.78. The molecule has 0 fully saturated rings. The number of furan rings is 1. The topological polar surface area (TPSA) is 97.6 Å². The zero-order chi connectivity index (χ0) is 21.0. The molecule has 0 aliphatic carbocycles. The maximum absolute atomic E-state index is 12.8. The molecule has 0 saturated carbocycles. The summed E-state index contributed by atoms with van der Waals surface area (Å²) in [5.74, 6) is 0.720. The van der Waals surface area contributed by atoms with E-state index in [9.17, 15) is 13.2 Å². The highest BCUT2D eigenvalue weighted by atomic mass is 79.9. The van der Waals surface area contributed by atoms with E-state index < -0.39 is 10.0 Å². The van der Waals surface area contributed by atoms with Crippen molar-refractivity contribution in [1.29, 1.82) is 0 Å². The minimum Gasteiger partial charge on any atom is -0.493 e. The molecule has 7 nitrogen and oxygen atoms in total. The fraction of sp³-hybridized carbons (Fsp3) is 0.150. The molecule has 2 N–H and O–H groups in total. The lowest BCUT2D eigenvalue weighted by Crippen LogP contribution is -2.15. The van der Waals surface area contributed by atoms with E-state index in [0.717, 1.165) is 0 Å². The number of ether oxygens (including phenoxy) is 1. The molecule has 0 radical (unpaired) electrons. The summed E-state index contributed by atoms with van der Waals surface area (Å²) in [7, 11) is -3.86. The molecule has 1 aromatic heterocycles. The van der Waals surface area contributed by atoms with Crippen LogP contribution < -0.4 is 14.8 Å². The Morgan fingerprint density at radius 3 is 2.59 bits per heavy atom. The van der Waals surface area contributed by atoms with Gasteiger partial charge in [0.15, 0.2) is 0 Å². The summed E-state index contributed by atoms with van der Waals surface area (Å²) in [5, 5.41) is 2.68. The second-order valence-electron chi connectivity index (χ2n) is 6.06. The summed E-state index contributed by atoms with van der Waals surface area (Å²) in [6, 6.07) is 12.5. The number of anilines is 2. The highest BCUT2D eigenvalue weighted by molar-refractivity contribution is 9.10. The van der Waals surface area contributed by atoms with Crippen LogP contribution in [0.1, 0.15) is 23.0 Å². The SMILES string of the molecule is CCOc1ccc(NS(=O)(=O)c2cccc(NC(=O)c3ccoc3C)c2)cc1Br. The van der Waals surface area contributed by atoms with Gasteiger partial charge in [0.05, 0.1) is 33.5 Å². The van der Waals surface area contributed by atoms with Crippen LogP contribution in [0.25, 0.3) is 0 Å². The predicted molar refractivity (Wildman–Crippen MR) is 114 cm³/mol. The summed E-state index contributed by atoms with van der Waals surface area (Å²) < 4.78 is 39.2. The van der Waals surface area contributed by atoms with E-state index in [4.69, 9.17) is 9.15 Å². The van der Waals surface area contributed by atoms with Gasteiger partial charge in [-0.2, -0.15) is 0 Å². The Morgan fingerprint density at radius 2 is 1.93 bits per heavy atom. The number of rotatable bonds is 7. The maximum Gasteiger partial charge on any atom is 0.261 e. The zero-order valence-corrected chi connectivity index (χ0v) is 18.1. The Kier molecular flexibility index (Phi) is 6.29. The lowest BCUT2D eigenvalue weighted by atomic mass is 10.2. The van der Waals surface area contributed by atoms with Gasteiger partial charge in [-0.05, 0) is 72.2 Å². The number of benzene rings is 2. The Bertz CT molecular complexity index is 1140. The fourth-order valence-electron chi connectivity index (χ4n) is 2.61. The molecule has 0 saturated heterocycles. The van der Waals surface area contributed by atoms with E-state index in [0.29, 0.717) is 39.5 Å². The van der Waals surface area contributed by atoms with Gasteiger partial charge in [-0.3, -0.25) is 9.52 Å². The molecule has 0 spiro atoms. The van der Waals surface area contributed by atoms with Crippen LogP contribution in [0.15, 0.2) is 68.6 Å². The molecule has 0 unspecified atom stereocenters. The van der Waals surface area contributed by atoms with Crippen LogP contribution in [0.2, 0.25) is 0 Å². The minimum absolute atomic E-state index is 0.0178. The summed E-state index contributed by atoms with van der Waals surface area (Å²) in [4.78, 5) is 12.3. The number of hydrogen-bond donors (Lipinski definition) is 2. The second-order valence-corrected chi connectivity index (χ2v) is 8.59. The number of halogens is 1. The van der Waals surface area contributed by atoms with Crippen molar-refractivity contribution in [3.05, 3.63) is 70.6 Å². The minimum atomic E-state index is -3.86. The summed E-state index contributed by atoms with van der Waals surface area (Å²) in [6.45, 7) is 4.04. The monoisotopic (exact) mass is 478 g/mol. The smallest absolute Gasteiger partial charge is 0.261 e. The highest BCUT2D eigenvalue weighted by Gasteiger charge is 2.17. The third-order valence-electron chi connectivity index (χ3n) is 3.99. The van der Waals surface area contributed by atoms with Crippen LogP contribution in [0.3, 0.4) is 0 Å². The summed E-state index contributed by atoms with van der Waals surface area (Å²) in [5.41, 5.74) is 1.12. The van der Waals surface area contributed by atoms with Gasteiger partial charge < -0.3 is 14.5 Å². The van der Waals surface area contributed by atoms with Crippen molar-refractivity contribution < 1.29 is 22.4 Å². The number of carbonyl (C=O) groups is 1. The van der Waals surface area contributed by atoms with Crippen molar-refractivity contribution in [1.82, 2.24) is 0 Å². The third-order valence-corrected chi connectivity index (χ3v) is 5.99. The molecule has 2 aromatic carbocycles. The maximum atomic E-state index is 12.8. The van der Waals surface area contributed by atoms with Crippen LogP contribution >= 0.6 is 15.9 Å². The molecule has 9 heteroatoms. The predicted octanol–water partition coefficient (Wildman–Crippen LogP) is 4.80. The Morgan fingerprint density at radius 1 is 1.14 bits per heavy atom. The quantitative estimate of drug-likeness (QED) is 0.507. The van der Waals surface area contributed by atoms with E-state index >= 15 is 0 Å². The largest absolute Gasteiger partial charge is 0.493 e. The van der Waals surface area contributed by atoms with E-state index in [-0.39, 0.29) is 10.8 Å². The van der Waals surface area contributed by atoms with Gasteiger partial charge in [0.25, 0.3) is 15.9 Å². The molecular weight excluding hydrogens is 460 g/mol. The first-order valence-corrected chi connectivity index (χ1v) is 11.0. The first kappa shape index (κ1) is 20.9.